The van der Waals surface area contributed by atoms with E-state index >= 15 is 0 Å². The lowest BCUT2D eigenvalue weighted by atomic mass is 10.1. The molecule has 1 saturated carbocycles. The van der Waals surface area contributed by atoms with Gasteiger partial charge in [0, 0.05) is 42.9 Å². The largest absolute Gasteiger partial charge is 0.489 e. The lowest BCUT2D eigenvalue weighted by Gasteiger charge is -2.17. The summed E-state index contributed by atoms with van der Waals surface area (Å²) in [5.74, 6) is 0.0631. The lowest BCUT2D eigenvalue weighted by molar-refractivity contribution is -0.111. The van der Waals surface area contributed by atoms with Gasteiger partial charge in [0.1, 0.15) is 30.3 Å². The number of carbonyl (C=O) groups is 1. The number of nitrogens with two attached hydrogens (primary N) is 1. The number of halogens is 2. The molecule has 2 heterocycles. The van der Waals surface area contributed by atoms with Crippen LogP contribution in [-0.4, -0.2) is 77.0 Å². The summed E-state index contributed by atoms with van der Waals surface area (Å²) < 4.78 is 25.3. The maximum atomic E-state index is 13.6. The van der Waals surface area contributed by atoms with E-state index in [-0.39, 0.29) is 29.2 Å². The highest BCUT2D eigenvalue weighted by atomic mass is 35.5. The molecule has 0 radical (unpaired) electrons. The molecule has 40 heavy (non-hydrogen) atoms. The molecular weight excluding hydrogens is 539 g/mol. The summed E-state index contributed by atoms with van der Waals surface area (Å²) >= 11 is 5.94. The zero-order valence-electron chi connectivity index (χ0n) is 21.9. The second-order valence-corrected chi connectivity index (χ2v) is 10.6. The van der Waals surface area contributed by atoms with E-state index in [4.69, 9.17) is 31.9 Å². The average molecular weight is 571 g/mol. The molecule has 1 unspecified atom stereocenters. The van der Waals surface area contributed by atoms with Gasteiger partial charge in [0.05, 0.1) is 41.1 Å². The number of hydrogen-bond acceptors (Lipinski definition) is 9. The fraction of sp³-hybridized carbons (Fsp3) is 0.393. The van der Waals surface area contributed by atoms with Crippen molar-refractivity contribution in [1.82, 2.24) is 14.9 Å². The van der Waals surface area contributed by atoms with Crippen LogP contribution >= 0.6 is 11.6 Å². The Morgan fingerprint density at radius 2 is 2.15 bits per heavy atom. The molecule has 1 aliphatic carbocycles. The molecule has 3 aromatic rings. The number of amides is 1. The summed E-state index contributed by atoms with van der Waals surface area (Å²) in [6, 6.07) is 7.76. The topological polar surface area (TPSA) is 135 Å². The third-order valence-corrected chi connectivity index (χ3v) is 7.18. The average Bonchev–Trinajstić information content (AvgIpc) is 3.50. The van der Waals surface area contributed by atoms with Crippen molar-refractivity contribution in [3.63, 3.8) is 0 Å². The first-order valence-corrected chi connectivity index (χ1v) is 13.5. The number of hydrogen-bond donors (Lipinski definition) is 4. The molecule has 2 aromatic carbocycles. The Balaban J connectivity index is 1.33. The number of anilines is 3. The molecule has 12 heteroatoms. The number of likely N-dealkylation sites (tertiary alicyclic amines) is 1. The number of ether oxygens (including phenoxy) is 2. The van der Waals surface area contributed by atoms with Crippen molar-refractivity contribution in [2.75, 3.05) is 50.1 Å². The van der Waals surface area contributed by atoms with Crippen LogP contribution in [0.15, 0.2) is 48.8 Å². The predicted octanol–water partition coefficient (Wildman–Crippen LogP) is 3.61. The summed E-state index contributed by atoms with van der Waals surface area (Å²) in [4.78, 5) is 23.8. The van der Waals surface area contributed by atoms with Gasteiger partial charge in [-0.05, 0) is 43.5 Å². The minimum absolute atomic E-state index is 0.00752. The second-order valence-electron chi connectivity index (χ2n) is 10.1. The van der Waals surface area contributed by atoms with E-state index < -0.39 is 5.82 Å². The monoisotopic (exact) mass is 570 g/mol. The number of benzene rings is 2. The van der Waals surface area contributed by atoms with Gasteiger partial charge < -0.3 is 30.9 Å². The van der Waals surface area contributed by atoms with Crippen molar-refractivity contribution in [3.05, 3.63) is 59.7 Å². The molecule has 2 aliphatic rings. The van der Waals surface area contributed by atoms with Crippen molar-refractivity contribution >= 4 is 45.6 Å². The first-order chi connectivity index (χ1) is 19.3. The van der Waals surface area contributed by atoms with Gasteiger partial charge >= 0.3 is 0 Å². The lowest BCUT2D eigenvalue weighted by Crippen LogP contribution is -2.30. The van der Waals surface area contributed by atoms with Gasteiger partial charge in [-0.3, -0.25) is 9.69 Å². The van der Waals surface area contributed by atoms with Crippen LogP contribution in [0.2, 0.25) is 5.02 Å². The van der Waals surface area contributed by atoms with Gasteiger partial charge in [0.25, 0.3) is 0 Å². The third kappa shape index (κ3) is 7.23. The van der Waals surface area contributed by atoms with Crippen molar-refractivity contribution < 1.29 is 23.8 Å². The maximum absolute atomic E-state index is 13.6. The van der Waals surface area contributed by atoms with Crippen LogP contribution in [0, 0.1) is 5.82 Å². The molecule has 1 aliphatic heterocycles. The first kappa shape index (κ1) is 28.2. The Bertz CT molecular complexity index is 1400. The van der Waals surface area contributed by atoms with Gasteiger partial charge in [-0.25, -0.2) is 14.4 Å². The number of aliphatic hydroxyl groups excluding tert-OH is 1. The fourth-order valence-corrected chi connectivity index (χ4v) is 4.62. The highest BCUT2D eigenvalue weighted by molar-refractivity contribution is 6.31. The van der Waals surface area contributed by atoms with Crippen molar-refractivity contribution in [3.8, 4) is 5.75 Å². The van der Waals surface area contributed by atoms with E-state index in [2.05, 4.69) is 25.5 Å². The Hall–Kier alpha value is -3.35. The van der Waals surface area contributed by atoms with Gasteiger partial charge in [0.15, 0.2) is 0 Å². The Kier molecular flexibility index (Phi) is 8.77. The van der Waals surface area contributed by atoms with Gasteiger partial charge in [0.2, 0.25) is 5.91 Å². The summed E-state index contributed by atoms with van der Waals surface area (Å²) in [5, 5.41) is 15.6. The van der Waals surface area contributed by atoms with Crippen LogP contribution in [0.3, 0.4) is 0 Å². The molecule has 10 nitrogen and oxygen atoms in total. The van der Waals surface area contributed by atoms with Crippen LogP contribution in [0.5, 0.6) is 5.75 Å². The number of carbonyl (C=O) groups excluding carboxylic acids is 1. The van der Waals surface area contributed by atoms with Crippen LogP contribution in [0.4, 0.5) is 21.6 Å². The smallest absolute Gasteiger partial charge is 0.248 e. The summed E-state index contributed by atoms with van der Waals surface area (Å²) in [7, 11) is 0. The summed E-state index contributed by atoms with van der Waals surface area (Å²) in [5.41, 5.74) is 7.45. The molecule has 2 fully saturated rings. The van der Waals surface area contributed by atoms with Gasteiger partial charge in [-0.15, -0.1) is 0 Å². The minimum atomic E-state index is -0.521. The Morgan fingerprint density at radius 1 is 1.30 bits per heavy atom. The number of nitrogens with one attached hydrogen (secondary N) is 2. The van der Waals surface area contributed by atoms with Crippen LogP contribution in [0.1, 0.15) is 19.3 Å². The van der Waals surface area contributed by atoms with Crippen molar-refractivity contribution in [2.24, 2.45) is 5.73 Å². The normalized spacial score (nSPS) is 18.4. The molecule has 1 saturated heterocycles. The van der Waals surface area contributed by atoms with Crippen LogP contribution in [-0.2, 0) is 9.53 Å². The standard InChI is InChI=1S/C28H32ClFN6O4/c29-21-12-18(3-4-22(21)30)34-27-20-13-24(25(14-23(20)32-17-33-27)40-16-28(31)6-7-28)35-26(38)2-1-8-36-9-5-19(15-36)39-11-10-37/h1-4,12-14,17,19,37H,5-11,15-16,31H2,(H,35,38)(H,32,33,34). The molecule has 0 spiro atoms. The molecule has 0 bridgehead atoms. The molecule has 212 valence electrons. The molecule has 5 N–H and O–H groups in total. The second kappa shape index (κ2) is 12.4. The number of fused-ring (bicyclic) bond motifs is 1. The molecule has 1 aromatic heterocycles. The first-order valence-electron chi connectivity index (χ1n) is 13.2. The molecule has 1 atom stereocenters. The number of nitrogens with zero attached hydrogens (tertiary/aromatic N) is 3. The molecule has 1 amide bonds. The van der Waals surface area contributed by atoms with Crippen molar-refractivity contribution in [1.29, 1.82) is 0 Å². The highest BCUT2D eigenvalue weighted by Crippen LogP contribution is 2.37. The Morgan fingerprint density at radius 3 is 2.92 bits per heavy atom. The quantitative estimate of drug-likeness (QED) is 0.241. The van der Waals surface area contributed by atoms with Crippen LogP contribution < -0.4 is 21.1 Å². The minimum Gasteiger partial charge on any atom is -0.489 e. The van der Waals surface area contributed by atoms with Gasteiger partial charge in [-0.1, -0.05) is 17.7 Å². The van der Waals surface area contributed by atoms with E-state index in [0.717, 1.165) is 32.4 Å². The predicted molar refractivity (Wildman–Crippen MR) is 152 cm³/mol. The summed E-state index contributed by atoms with van der Waals surface area (Å²) in [6.07, 6.45) is 7.45. The molecular formula is C28H32ClFN6O4. The van der Waals surface area contributed by atoms with E-state index in [0.29, 0.717) is 53.6 Å². The fourth-order valence-electron chi connectivity index (χ4n) is 4.44. The highest BCUT2D eigenvalue weighted by Gasteiger charge is 2.39. The zero-order chi connectivity index (χ0) is 28.1. The number of rotatable bonds is 12. The zero-order valence-corrected chi connectivity index (χ0v) is 22.7. The van der Waals surface area contributed by atoms with E-state index in [1.54, 1.807) is 24.3 Å². The summed E-state index contributed by atoms with van der Waals surface area (Å²) in [6.45, 7) is 2.87. The van der Waals surface area contributed by atoms with E-state index in [1.165, 1.54) is 24.5 Å². The van der Waals surface area contributed by atoms with Gasteiger partial charge in [-0.2, -0.15) is 0 Å². The van der Waals surface area contributed by atoms with E-state index in [1.807, 2.05) is 0 Å². The SMILES string of the molecule is NC1(COc2cc3ncnc(Nc4ccc(F)c(Cl)c4)c3cc2NC(=O)C=CCN2CCC(OCCO)C2)CC1. The third-order valence-electron chi connectivity index (χ3n) is 6.89. The molecule has 5 rings (SSSR count). The number of aromatic nitrogens is 2. The van der Waals surface area contributed by atoms with E-state index in [9.17, 15) is 9.18 Å². The van der Waals surface area contributed by atoms with Crippen molar-refractivity contribution in [2.45, 2.75) is 30.9 Å². The number of aliphatic hydroxyl groups is 1. The Labute approximate surface area is 236 Å². The maximum Gasteiger partial charge on any atom is 0.248 e. The van der Waals surface area contributed by atoms with Crippen LogP contribution in [0.25, 0.3) is 10.9 Å².